The van der Waals surface area contributed by atoms with Gasteiger partial charge in [-0.15, -0.1) is 0 Å². The minimum Gasteiger partial charge on any atom is -0.338 e. The van der Waals surface area contributed by atoms with Crippen LogP contribution in [0, 0.1) is 11.8 Å². The van der Waals surface area contributed by atoms with Crippen LogP contribution in [0.15, 0.2) is 12.4 Å². The molecular formula is C17H31N3. The fraction of sp³-hybridized carbons (Fsp3) is 0.824. The highest BCUT2D eigenvalue weighted by molar-refractivity contribution is 4.93. The van der Waals surface area contributed by atoms with Gasteiger partial charge < -0.3 is 9.88 Å². The van der Waals surface area contributed by atoms with Crippen LogP contribution in [0.25, 0.3) is 0 Å². The minimum absolute atomic E-state index is 0.675. The fourth-order valence-corrected chi connectivity index (χ4v) is 3.60. The molecule has 3 heteroatoms. The molecule has 0 radical (unpaired) electrons. The largest absolute Gasteiger partial charge is 0.338 e. The summed E-state index contributed by atoms with van der Waals surface area (Å²) >= 11 is 0. The van der Waals surface area contributed by atoms with Crippen molar-refractivity contribution in [2.45, 2.75) is 64.8 Å². The van der Waals surface area contributed by atoms with E-state index in [0.717, 1.165) is 24.8 Å². The summed E-state index contributed by atoms with van der Waals surface area (Å²) in [6.45, 7) is 5.82. The van der Waals surface area contributed by atoms with Crippen molar-refractivity contribution < 1.29 is 0 Å². The number of rotatable bonds is 7. The molecule has 3 unspecified atom stereocenters. The second-order valence-electron chi connectivity index (χ2n) is 6.59. The van der Waals surface area contributed by atoms with Crippen molar-refractivity contribution in [1.82, 2.24) is 14.9 Å². The van der Waals surface area contributed by atoms with Crippen LogP contribution in [0.4, 0.5) is 0 Å². The van der Waals surface area contributed by atoms with E-state index in [1.807, 2.05) is 12.4 Å². The monoisotopic (exact) mass is 277 g/mol. The van der Waals surface area contributed by atoms with Crippen LogP contribution in [0.2, 0.25) is 0 Å². The molecule has 0 amide bonds. The van der Waals surface area contributed by atoms with Gasteiger partial charge in [0.2, 0.25) is 0 Å². The predicted molar refractivity (Wildman–Crippen MR) is 84.7 cm³/mol. The van der Waals surface area contributed by atoms with E-state index in [1.54, 1.807) is 0 Å². The number of aryl methyl sites for hydroxylation is 2. The molecule has 1 fully saturated rings. The van der Waals surface area contributed by atoms with Crippen LogP contribution in [0.3, 0.4) is 0 Å². The van der Waals surface area contributed by atoms with Crippen molar-refractivity contribution in [3.63, 3.8) is 0 Å². The molecule has 3 atom stereocenters. The number of hydrogen-bond donors (Lipinski definition) is 1. The Balaban J connectivity index is 1.90. The molecule has 0 bridgehead atoms. The van der Waals surface area contributed by atoms with Gasteiger partial charge in [0.25, 0.3) is 0 Å². The average Bonchev–Trinajstić information content (AvgIpc) is 2.84. The van der Waals surface area contributed by atoms with Crippen LogP contribution in [-0.2, 0) is 13.5 Å². The van der Waals surface area contributed by atoms with Gasteiger partial charge in [-0.3, -0.25) is 0 Å². The zero-order valence-corrected chi connectivity index (χ0v) is 13.4. The summed E-state index contributed by atoms with van der Waals surface area (Å²) < 4.78 is 2.15. The Hall–Kier alpha value is -0.830. The molecule has 0 aromatic carbocycles. The summed E-state index contributed by atoms with van der Waals surface area (Å²) in [5.41, 5.74) is 0. The molecule has 0 spiro atoms. The van der Waals surface area contributed by atoms with E-state index in [2.05, 4.69) is 35.8 Å². The molecular weight excluding hydrogens is 246 g/mol. The van der Waals surface area contributed by atoms with Gasteiger partial charge in [-0.25, -0.2) is 4.98 Å². The molecule has 1 aromatic heterocycles. The SMILES string of the molecule is CCCNC(CCc1nccn1C)C1CCCC(C)C1. The van der Waals surface area contributed by atoms with Crippen LogP contribution in [0.5, 0.6) is 0 Å². The van der Waals surface area contributed by atoms with E-state index in [1.165, 1.54) is 44.3 Å². The van der Waals surface area contributed by atoms with E-state index >= 15 is 0 Å². The van der Waals surface area contributed by atoms with Gasteiger partial charge in [0.05, 0.1) is 0 Å². The quantitative estimate of drug-likeness (QED) is 0.826. The normalized spacial score (nSPS) is 24.8. The molecule has 114 valence electrons. The second-order valence-corrected chi connectivity index (χ2v) is 6.59. The lowest BCUT2D eigenvalue weighted by Gasteiger charge is -2.34. The Morgan fingerprint density at radius 3 is 2.95 bits per heavy atom. The maximum atomic E-state index is 4.46. The second kappa shape index (κ2) is 7.82. The van der Waals surface area contributed by atoms with Gasteiger partial charge in [0.15, 0.2) is 0 Å². The number of hydrogen-bond acceptors (Lipinski definition) is 2. The molecule has 0 aliphatic heterocycles. The van der Waals surface area contributed by atoms with Gasteiger partial charge in [-0.1, -0.05) is 26.7 Å². The van der Waals surface area contributed by atoms with Gasteiger partial charge >= 0.3 is 0 Å². The van der Waals surface area contributed by atoms with Gasteiger partial charge in [0, 0.05) is 31.9 Å². The molecule has 2 rings (SSSR count). The first-order valence-electron chi connectivity index (χ1n) is 8.40. The molecule has 1 aliphatic carbocycles. The van der Waals surface area contributed by atoms with Crippen LogP contribution in [-0.4, -0.2) is 22.1 Å². The molecule has 0 saturated heterocycles. The van der Waals surface area contributed by atoms with Crippen molar-refractivity contribution >= 4 is 0 Å². The van der Waals surface area contributed by atoms with E-state index < -0.39 is 0 Å². The fourth-order valence-electron chi connectivity index (χ4n) is 3.60. The topological polar surface area (TPSA) is 29.9 Å². The third-order valence-corrected chi connectivity index (χ3v) is 4.80. The number of aromatic nitrogens is 2. The highest BCUT2D eigenvalue weighted by Crippen LogP contribution is 2.32. The maximum Gasteiger partial charge on any atom is 0.108 e. The number of imidazole rings is 1. The first-order chi connectivity index (χ1) is 9.70. The smallest absolute Gasteiger partial charge is 0.108 e. The number of nitrogens with one attached hydrogen (secondary N) is 1. The molecule has 1 aromatic rings. The average molecular weight is 277 g/mol. The van der Waals surface area contributed by atoms with E-state index in [0.29, 0.717) is 6.04 Å². The van der Waals surface area contributed by atoms with Crippen LogP contribution in [0.1, 0.15) is 58.2 Å². The van der Waals surface area contributed by atoms with E-state index in [-0.39, 0.29) is 0 Å². The molecule has 3 nitrogen and oxygen atoms in total. The van der Waals surface area contributed by atoms with Crippen molar-refractivity contribution in [3.8, 4) is 0 Å². The highest BCUT2D eigenvalue weighted by Gasteiger charge is 2.26. The Morgan fingerprint density at radius 2 is 2.30 bits per heavy atom. The number of nitrogens with zero attached hydrogens (tertiary/aromatic N) is 2. The highest BCUT2D eigenvalue weighted by atomic mass is 15.0. The molecule has 20 heavy (non-hydrogen) atoms. The van der Waals surface area contributed by atoms with Crippen LogP contribution < -0.4 is 5.32 Å². The third kappa shape index (κ3) is 4.34. The van der Waals surface area contributed by atoms with Crippen LogP contribution >= 0.6 is 0 Å². The van der Waals surface area contributed by atoms with Crippen molar-refractivity contribution in [2.24, 2.45) is 18.9 Å². The Bertz CT molecular complexity index is 385. The van der Waals surface area contributed by atoms with Crippen molar-refractivity contribution in [3.05, 3.63) is 18.2 Å². The Morgan fingerprint density at radius 1 is 1.45 bits per heavy atom. The summed E-state index contributed by atoms with van der Waals surface area (Å²) in [5, 5.41) is 3.80. The lowest BCUT2D eigenvalue weighted by Crippen LogP contribution is -2.39. The maximum absolute atomic E-state index is 4.46. The lowest BCUT2D eigenvalue weighted by atomic mass is 9.77. The van der Waals surface area contributed by atoms with Gasteiger partial charge in [0.1, 0.15) is 5.82 Å². The van der Waals surface area contributed by atoms with Crippen molar-refractivity contribution in [1.29, 1.82) is 0 Å². The Labute approximate surface area is 124 Å². The van der Waals surface area contributed by atoms with E-state index in [4.69, 9.17) is 0 Å². The summed E-state index contributed by atoms with van der Waals surface area (Å²) in [6.07, 6.45) is 13.2. The first-order valence-corrected chi connectivity index (χ1v) is 8.40. The summed E-state index contributed by atoms with van der Waals surface area (Å²) in [4.78, 5) is 4.46. The molecule has 1 N–H and O–H groups in total. The van der Waals surface area contributed by atoms with E-state index in [9.17, 15) is 0 Å². The van der Waals surface area contributed by atoms with Crippen molar-refractivity contribution in [2.75, 3.05) is 6.54 Å². The third-order valence-electron chi connectivity index (χ3n) is 4.80. The van der Waals surface area contributed by atoms with Gasteiger partial charge in [-0.2, -0.15) is 0 Å². The zero-order valence-electron chi connectivity index (χ0n) is 13.4. The lowest BCUT2D eigenvalue weighted by molar-refractivity contribution is 0.214. The zero-order chi connectivity index (χ0) is 14.4. The van der Waals surface area contributed by atoms with Gasteiger partial charge in [-0.05, 0) is 44.1 Å². The summed E-state index contributed by atoms with van der Waals surface area (Å²) in [6, 6.07) is 0.675. The standard InChI is InChI=1S/C17H31N3/c1-4-10-18-16(15-7-5-6-14(2)13-15)8-9-17-19-11-12-20(17)3/h11-12,14-16,18H,4-10,13H2,1-3H3. The Kier molecular flexibility index (Phi) is 6.08. The first kappa shape index (κ1) is 15.6. The molecule has 1 saturated carbocycles. The minimum atomic E-state index is 0.675. The molecule has 1 heterocycles. The molecule has 1 aliphatic rings. The summed E-state index contributed by atoms with van der Waals surface area (Å²) in [7, 11) is 2.10. The predicted octanol–water partition coefficient (Wildman–Crippen LogP) is 3.55. The summed E-state index contributed by atoms with van der Waals surface area (Å²) in [5.74, 6) is 3.00.